The molecular weight excluding hydrogens is 352 g/mol. The summed E-state index contributed by atoms with van der Waals surface area (Å²) in [7, 11) is 1.93. The predicted octanol–water partition coefficient (Wildman–Crippen LogP) is 2.62. The van der Waals surface area contributed by atoms with Crippen LogP contribution in [-0.2, 0) is 11.3 Å². The molecule has 142 valence electrons. The molecule has 26 heavy (non-hydrogen) atoms. The zero-order chi connectivity index (χ0) is 18.5. The number of amides is 1. The van der Waals surface area contributed by atoms with Gasteiger partial charge in [0.15, 0.2) is 0 Å². The first-order chi connectivity index (χ1) is 12.5. The third-order valence-electron chi connectivity index (χ3n) is 4.76. The molecule has 1 aliphatic carbocycles. The lowest BCUT2D eigenvalue weighted by Gasteiger charge is -2.34. The van der Waals surface area contributed by atoms with E-state index in [1.807, 2.05) is 11.9 Å². The molecule has 1 unspecified atom stereocenters. The average molecular weight is 379 g/mol. The van der Waals surface area contributed by atoms with Crippen LogP contribution in [0.2, 0.25) is 0 Å². The number of hydrogen-bond acceptors (Lipinski definition) is 7. The maximum absolute atomic E-state index is 13.0. The van der Waals surface area contributed by atoms with E-state index in [1.165, 1.54) is 37.4 Å². The summed E-state index contributed by atoms with van der Waals surface area (Å²) in [6.07, 6.45) is 8.93. The van der Waals surface area contributed by atoms with Gasteiger partial charge in [0.2, 0.25) is 11.8 Å². The molecule has 1 aliphatic rings. The lowest BCUT2D eigenvalue weighted by atomic mass is 9.94. The van der Waals surface area contributed by atoms with Crippen molar-refractivity contribution in [2.24, 2.45) is 5.92 Å². The van der Waals surface area contributed by atoms with E-state index in [2.05, 4.69) is 34.1 Å². The maximum atomic E-state index is 13.0. The molecule has 0 spiro atoms. The van der Waals surface area contributed by atoms with Crippen molar-refractivity contribution in [1.29, 1.82) is 0 Å². The van der Waals surface area contributed by atoms with E-state index >= 15 is 0 Å². The van der Waals surface area contributed by atoms with Crippen LogP contribution in [0.4, 0.5) is 0 Å². The minimum absolute atomic E-state index is 0.146. The van der Waals surface area contributed by atoms with Crippen LogP contribution in [0.25, 0.3) is 0 Å². The molecule has 0 bridgehead atoms. The van der Waals surface area contributed by atoms with Crippen LogP contribution in [0.15, 0.2) is 22.3 Å². The summed E-state index contributed by atoms with van der Waals surface area (Å²) < 4.78 is 7.31. The van der Waals surface area contributed by atoms with Crippen LogP contribution in [0.3, 0.4) is 0 Å². The second-order valence-electron chi connectivity index (χ2n) is 7.08. The molecule has 1 atom stereocenters. The molecular formula is C17H26N6O2S. The van der Waals surface area contributed by atoms with E-state index in [1.54, 1.807) is 11.0 Å². The third kappa shape index (κ3) is 4.63. The van der Waals surface area contributed by atoms with Crippen molar-refractivity contribution >= 4 is 17.7 Å². The minimum Gasteiger partial charge on any atom is -0.414 e. The Kier molecular flexibility index (Phi) is 6.29. The van der Waals surface area contributed by atoms with Crippen molar-refractivity contribution in [2.75, 3.05) is 7.05 Å². The first-order valence-corrected chi connectivity index (χ1v) is 10.0. The fourth-order valence-corrected chi connectivity index (χ4v) is 4.22. The van der Waals surface area contributed by atoms with Gasteiger partial charge in [0.25, 0.3) is 5.22 Å². The first-order valence-electron chi connectivity index (χ1n) is 9.12. The van der Waals surface area contributed by atoms with Gasteiger partial charge < -0.3 is 9.32 Å². The molecule has 0 saturated heterocycles. The predicted molar refractivity (Wildman–Crippen MR) is 97.5 cm³/mol. The van der Waals surface area contributed by atoms with Gasteiger partial charge in [-0.2, -0.15) is 5.10 Å². The van der Waals surface area contributed by atoms with Crippen LogP contribution < -0.4 is 0 Å². The fourth-order valence-electron chi connectivity index (χ4n) is 3.23. The highest BCUT2D eigenvalue weighted by atomic mass is 32.2. The van der Waals surface area contributed by atoms with E-state index in [0.29, 0.717) is 23.7 Å². The molecule has 9 heteroatoms. The number of aromatic nitrogens is 5. The Labute approximate surface area is 157 Å². The molecule has 0 aromatic carbocycles. The van der Waals surface area contributed by atoms with Gasteiger partial charge in [0, 0.05) is 13.1 Å². The van der Waals surface area contributed by atoms with Crippen molar-refractivity contribution < 1.29 is 9.21 Å². The number of hydrogen-bond donors (Lipinski definition) is 0. The van der Waals surface area contributed by atoms with Gasteiger partial charge in [0.1, 0.15) is 19.2 Å². The molecule has 2 aromatic heterocycles. The third-order valence-corrected chi connectivity index (χ3v) is 6.13. The molecule has 0 radical (unpaired) electrons. The largest absolute Gasteiger partial charge is 0.414 e. The molecule has 0 N–H and O–H groups in total. The summed E-state index contributed by atoms with van der Waals surface area (Å²) in [5.74, 6) is 0.769. The van der Waals surface area contributed by atoms with E-state index in [-0.39, 0.29) is 17.1 Å². The van der Waals surface area contributed by atoms with Crippen LogP contribution in [0.5, 0.6) is 0 Å². The molecule has 0 aliphatic heterocycles. The Morgan fingerprint density at radius 2 is 2.12 bits per heavy atom. The van der Waals surface area contributed by atoms with Crippen LogP contribution in [-0.4, -0.2) is 54.1 Å². The van der Waals surface area contributed by atoms with Crippen LogP contribution >= 0.6 is 11.8 Å². The summed E-state index contributed by atoms with van der Waals surface area (Å²) in [6, 6.07) is 0.351. The lowest BCUT2D eigenvalue weighted by molar-refractivity contribution is -0.132. The Morgan fingerprint density at radius 1 is 1.35 bits per heavy atom. The zero-order valence-corrected chi connectivity index (χ0v) is 16.4. The van der Waals surface area contributed by atoms with Crippen LogP contribution in [0.1, 0.15) is 51.8 Å². The second-order valence-corrected chi connectivity index (χ2v) is 8.17. The van der Waals surface area contributed by atoms with Gasteiger partial charge in [-0.1, -0.05) is 44.9 Å². The summed E-state index contributed by atoms with van der Waals surface area (Å²) in [4.78, 5) is 18.9. The molecule has 1 amide bonds. The Morgan fingerprint density at radius 3 is 2.77 bits per heavy atom. The van der Waals surface area contributed by atoms with Crippen LogP contribution in [0, 0.1) is 5.92 Å². The Bertz CT molecular complexity index is 696. The van der Waals surface area contributed by atoms with Crippen molar-refractivity contribution in [2.45, 2.75) is 69.0 Å². The zero-order valence-electron chi connectivity index (χ0n) is 15.5. The Hall–Kier alpha value is -1.90. The van der Waals surface area contributed by atoms with Crippen molar-refractivity contribution in [3.05, 3.63) is 18.5 Å². The molecule has 1 fully saturated rings. The van der Waals surface area contributed by atoms with Crippen molar-refractivity contribution in [3.63, 3.8) is 0 Å². The highest BCUT2D eigenvalue weighted by molar-refractivity contribution is 8.00. The number of thioether (sulfide) groups is 1. The smallest absolute Gasteiger partial charge is 0.277 e. The van der Waals surface area contributed by atoms with Gasteiger partial charge in [-0.15, -0.1) is 10.2 Å². The molecule has 8 nitrogen and oxygen atoms in total. The average Bonchev–Trinajstić information content (AvgIpc) is 3.31. The summed E-state index contributed by atoms with van der Waals surface area (Å²) in [5.41, 5.74) is 0. The Balaban J connectivity index is 1.64. The number of carbonyl (C=O) groups is 1. The fraction of sp³-hybridized carbons (Fsp3) is 0.706. The van der Waals surface area contributed by atoms with Gasteiger partial charge in [-0.05, 0) is 18.8 Å². The highest BCUT2D eigenvalue weighted by Crippen LogP contribution is 2.31. The monoisotopic (exact) mass is 378 g/mol. The maximum Gasteiger partial charge on any atom is 0.277 e. The number of rotatable bonds is 7. The van der Waals surface area contributed by atoms with E-state index in [4.69, 9.17) is 4.42 Å². The minimum atomic E-state index is -0.235. The van der Waals surface area contributed by atoms with E-state index in [0.717, 1.165) is 12.8 Å². The number of carbonyl (C=O) groups excluding carboxylic acids is 1. The SMILES string of the molecule is CC(C)C(Sc1nnc(Cn2cncn2)o1)C(=O)N(C)C1CCCCC1. The van der Waals surface area contributed by atoms with Gasteiger partial charge in [-0.25, -0.2) is 9.67 Å². The van der Waals surface area contributed by atoms with E-state index in [9.17, 15) is 4.79 Å². The first kappa shape index (κ1) is 18.9. The van der Waals surface area contributed by atoms with Gasteiger partial charge in [-0.3, -0.25) is 4.79 Å². The quantitative estimate of drug-likeness (QED) is 0.684. The second kappa shape index (κ2) is 8.66. The topological polar surface area (TPSA) is 89.9 Å². The molecule has 2 heterocycles. The van der Waals surface area contributed by atoms with Crippen molar-refractivity contribution in [3.8, 4) is 0 Å². The van der Waals surface area contributed by atoms with E-state index < -0.39 is 0 Å². The van der Waals surface area contributed by atoms with Gasteiger partial charge >= 0.3 is 0 Å². The molecule has 2 aromatic rings. The highest BCUT2D eigenvalue weighted by Gasteiger charge is 2.32. The normalized spacial score (nSPS) is 16.8. The standard InChI is InChI=1S/C17H26N6O2S/c1-12(2)15(16(24)22(3)13-7-5-4-6-8-13)26-17-21-20-14(25-17)9-23-11-18-10-19-23/h10-13,15H,4-9H2,1-3H3. The summed E-state index contributed by atoms with van der Waals surface area (Å²) >= 11 is 1.35. The summed E-state index contributed by atoms with van der Waals surface area (Å²) in [5, 5.41) is 12.3. The lowest BCUT2D eigenvalue weighted by Crippen LogP contribution is -2.44. The number of nitrogens with zero attached hydrogens (tertiary/aromatic N) is 6. The summed E-state index contributed by atoms with van der Waals surface area (Å²) in [6.45, 7) is 4.48. The van der Waals surface area contributed by atoms with Gasteiger partial charge in [0.05, 0.1) is 5.25 Å². The molecule has 1 saturated carbocycles. The molecule has 3 rings (SSSR count). The van der Waals surface area contributed by atoms with Crippen molar-refractivity contribution in [1.82, 2.24) is 29.9 Å².